The monoisotopic (exact) mass is 262 g/mol. The molecule has 2 rings (SSSR count). The summed E-state index contributed by atoms with van der Waals surface area (Å²) in [6.45, 7) is 2.82. The van der Waals surface area contributed by atoms with Gasteiger partial charge in [0.15, 0.2) is 0 Å². The molecule has 1 heterocycles. The molecule has 0 unspecified atom stereocenters. The number of rotatable bonds is 4. The van der Waals surface area contributed by atoms with Crippen molar-refractivity contribution in [1.82, 2.24) is 4.90 Å². The predicted octanol–water partition coefficient (Wildman–Crippen LogP) is 1.54. The second-order valence-corrected chi connectivity index (χ2v) is 5.38. The Morgan fingerprint density at radius 2 is 1.95 bits per heavy atom. The van der Waals surface area contributed by atoms with Crippen LogP contribution in [0.1, 0.15) is 24.8 Å². The minimum atomic E-state index is -0.389. The van der Waals surface area contributed by atoms with Crippen molar-refractivity contribution in [3.63, 3.8) is 0 Å². The number of likely N-dealkylation sites (tertiary alicyclic amines) is 1. The second kappa shape index (κ2) is 6.17. The van der Waals surface area contributed by atoms with Gasteiger partial charge < -0.3 is 10.5 Å². The summed E-state index contributed by atoms with van der Waals surface area (Å²) in [6.07, 6.45) is 2.01. The Kier molecular flexibility index (Phi) is 4.56. The predicted molar refractivity (Wildman–Crippen MR) is 74.5 cm³/mol. The van der Waals surface area contributed by atoms with E-state index in [0.717, 1.165) is 32.5 Å². The van der Waals surface area contributed by atoms with Gasteiger partial charge in [0.2, 0.25) is 0 Å². The fourth-order valence-corrected chi connectivity index (χ4v) is 2.53. The molecule has 104 valence electrons. The third kappa shape index (κ3) is 4.04. The van der Waals surface area contributed by atoms with Crippen molar-refractivity contribution in [2.75, 3.05) is 20.2 Å². The van der Waals surface area contributed by atoms with Gasteiger partial charge in [0.05, 0.1) is 13.5 Å². The highest BCUT2D eigenvalue weighted by Crippen LogP contribution is 2.24. The van der Waals surface area contributed by atoms with Crippen molar-refractivity contribution in [1.29, 1.82) is 0 Å². The molecule has 0 amide bonds. The molecule has 1 saturated heterocycles. The maximum Gasteiger partial charge on any atom is 0.307 e. The minimum absolute atomic E-state index is 0.209. The number of nitrogens with zero attached hydrogens (tertiary/aromatic N) is 1. The molecule has 0 aromatic heterocycles. The van der Waals surface area contributed by atoms with E-state index in [1.165, 1.54) is 12.7 Å². The number of ether oxygens (including phenoxy) is 1. The zero-order valence-electron chi connectivity index (χ0n) is 11.5. The Bertz CT molecular complexity index is 411. The van der Waals surface area contributed by atoms with Crippen LogP contribution in [0, 0.1) is 0 Å². The van der Waals surface area contributed by atoms with Gasteiger partial charge in [0.1, 0.15) is 0 Å². The first-order valence-corrected chi connectivity index (χ1v) is 6.73. The summed E-state index contributed by atoms with van der Waals surface area (Å²) in [5, 5.41) is 0. The Morgan fingerprint density at radius 1 is 1.32 bits per heavy atom. The van der Waals surface area contributed by atoms with Crippen molar-refractivity contribution in [3.05, 3.63) is 35.9 Å². The third-order valence-corrected chi connectivity index (χ3v) is 3.82. The lowest BCUT2D eigenvalue weighted by atomic mass is 9.85. The average molecular weight is 262 g/mol. The SMILES string of the molecule is COC(=O)CC1(N)CCN(Cc2ccccc2)CC1. The first-order valence-electron chi connectivity index (χ1n) is 6.73. The summed E-state index contributed by atoms with van der Waals surface area (Å²) >= 11 is 0. The summed E-state index contributed by atoms with van der Waals surface area (Å²) in [5.74, 6) is -0.209. The van der Waals surface area contributed by atoms with E-state index in [1.807, 2.05) is 6.07 Å². The molecular weight excluding hydrogens is 240 g/mol. The molecule has 0 bridgehead atoms. The zero-order valence-corrected chi connectivity index (χ0v) is 11.5. The van der Waals surface area contributed by atoms with E-state index >= 15 is 0 Å². The summed E-state index contributed by atoms with van der Waals surface area (Å²) in [6, 6.07) is 10.4. The Labute approximate surface area is 114 Å². The molecule has 4 heteroatoms. The zero-order chi connectivity index (χ0) is 13.7. The van der Waals surface area contributed by atoms with Crippen molar-refractivity contribution in [2.45, 2.75) is 31.3 Å². The highest BCUT2D eigenvalue weighted by atomic mass is 16.5. The highest BCUT2D eigenvalue weighted by molar-refractivity contribution is 5.70. The molecule has 2 N–H and O–H groups in total. The summed E-state index contributed by atoms with van der Waals surface area (Å²) in [7, 11) is 1.41. The first kappa shape index (κ1) is 14.0. The third-order valence-electron chi connectivity index (χ3n) is 3.82. The fraction of sp³-hybridized carbons (Fsp3) is 0.533. The van der Waals surface area contributed by atoms with Crippen molar-refractivity contribution in [2.24, 2.45) is 5.73 Å². The molecule has 19 heavy (non-hydrogen) atoms. The second-order valence-electron chi connectivity index (χ2n) is 5.38. The topological polar surface area (TPSA) is 55.6 Å². The standard InChI is InChI=1S/C15H22N2O2/c1-19-14(18)11-15(16)7-9-17(10-8-15)12-13-5-3-2-4-6-13/h2-6H,7-12,16H2,1H3. The number of hydrogen-bond acceptors (Lipinski definition) is 4. The number of hydrogen-bond donors (Lipinski definition) is 1. The molecule has 0 atom stereocenters. The van der Waals surface area contributed by atoms with E-state index < -0.39 is 0 Å². The van der Waals surface area contributed by atoms with Crippen LogP contribution in [0.25, 0.3) is 0 Å². The van der Waals surface area contributed by atoms with Crippen LogP contribution in [0.4, 0.5) is 0 Å². The molecule has 0 spiro atoms. The van der Waals surface area contributed by atoms with Crippen LogP contribution in [0.3, 0.4) is 0 Å². The van der Waals surface area contributed by atoms with Crippen LogP contribution >= 0.6 is 0 Å². The van der Waals surface area contributed by atoms with Gasteiger partial charge in [-0.05, 0) is 18.4 Å². The lowest BCUT2D eigenvalue weighted by molar-refractivity contribution is -0.142. The lowest BCUT2D eigenvalue weighted by Crippen LogP contribution is -2.51. The normalized spacial score (nSPS) is 19.1. The smallest absolute Gasteiger partial charge is 0.307 e. The van der Waals surface area contributed by atoms with Crippen LogP contribution in [0.2, 0.25) is 0 Å². The Hall–Kier alpha value is -1.39. The molecule has 1 fully saturated rings. The van der Waals surface area contributed by atoms with Crippen LogP contribution in [0.5, 0.6) is 0 Å². The van der Waals surface area contributed by atoms with Gasteiger partial charge in [-0.1, -0.05) is 30.3 Å². The maximum atomic E-state index is 11.3. The summed E-state index contributed by atoms with van der Waals surface area (Å²) in [5.41, 5.74) is 7.19. The van der Waals surface area contributed by atoms with Gasteiger partial charge in [0, 0.05) is 25.2 Å². The van der Waals surface area contributed by atoms with Gasteiger partial charge in [0.25, 0.3) is 0 Å². The molecule has 0 radical (unpaired) electrons. The largest absolute Gasteiger partial charge is 0.469 e. The van der Waals surface area contributed by atoms with Gasteiger partial charge in [-0.3, -0.25) is 9.69 Å². The number of methoxy groups -OCH3 is 1. The van der Waals surface area contributed by atoms with E-state index in [4.69, 9.17) is 10.5 Å². The number of nitrogens with two attached hydrogens (primary N) is 1. The van der Waals surface area contributed by atoms with Gasteiger partial charge in [-0.2, -0.15) is 0 Å². The van der Waals surface area contributed by atoms with Gasteiger partial charge in [-0.25, -0.2) is 0 Å². The Morgan fingerprint density at radius 3 is 2.53 bits per heavy atom. The van der Waals surface area contributed by atoms with E-state index in [9.17, 15) is 4.79 Å². The molecule has 1 aromatic rings. The molecular formula is C15H22N2O2. The molecule has 1 aromatic carbocycles. The van der Waals surface area contributed by atoms with Crippen LogP contribution in [-0.4, -0.2) is 36.6 Å². The maximum absolute atomic E-state index is 11.3. The van der Waals surface area contributed by atoms with E-state index in [2.05, 4.69) is 29.2 Å². The first-order chi connectivity index (χ1) is 9.11. The molecule has 1 aliphatic rings. The van der Waals surface area contributed by atoms with Gasteiger partial charge in [-0.15, -0.1) is 0 Å². The van der Waals surface area contributed by atoms with E-state index in [-0.39, 0.29) is 11.5 Å². The summed E-state index contributed by atoms with van der Waals surface area (Å²) < 4.78 is 4.71. The quantitative estimate of drug-likeness (QED) is 0.836. The Balaban J connectivity index is 1.83. The van der Waals surface area contributed by atoms with Crippen molar-refractivity contribution >= 4 is 5.97 Å². The minimum Gasteiger partial charge on any atom is -0.469 e. The average Bonchev–Trinajstić information content (AvgIpc) is 2.42. The fourth-order valence-electron chi connectivity index (χ4n) is 2.53. The van der Waals surface area contributed by atoms with E-state index in [1.54, 1.807) is 0 Å². The molecule has 0 saturated carbocycles. The molecule has 0 aliphatic carbocycles. The highest BCUT2D eigenvalue weighted by Gasteiger charge is 2.33. The van der Waals surface area contributed by atoms with Gasteiger partial charge >= 0.3 is 5.97 Å². The number of esters is 1. The van der Waals surface area contributed by atoms with Crippen LogP contribution in [0.15, 0.2) is 30.3 Å². The number of carbonyl (C=O) groups excluding carboxylic acids is 1. The van der Waals surface area contributed by atoms with Crippen LogP contribution in [-0.2, 0) is 16.1 Å². The number of benzene rings is 1. The number of piperidine rings is 1. The molecule has 4 nitrogen and oxygen atoms in total. The molecule has 1 aliphatic heterocycles. The lowest BCUT2D eigenvalue weighted by Gasteiger charge is -2.38. The number of carbonyl (C=O) groups is 1. The van der Waals surface area contributed by atoms with Crippen molar-refractivity contribution < 1.29 is 9.53 Å². The van der Waals surface area contributed by atoms with Crippen LogP contribution < -0.4 is 5.73 Å². The van der Waals surface area contributed by atoms with Crippen molar-refractivity contribution in [3.8, 4) is 0 Å². The summed E-state index contributed by atoms with van der Waals surface area (Å²) in [4.78, 5) is 13.7. The van der Waals surface area contributed by atoms with E-state index in [0.29, 0.717) is 6.42 Å².